The maximum Gasteiger partial charge on any atom is 0.335 e. The summed E-state index contributed by atoms with van der Waals surface area (Å²) in [5, 5.41) is 26.0. The minimum Gasteiger partial charge on any atom is -0.478 e. The smallest absolute Gasteiger partial charge is 0.335 e. The van der Waals surface area contributed by atoms with E-state index in [2.05, 4.69) is 10.6 Å². The fourth-order valence-corrected chi connectivity index (χ4v) is 5.76. The summed E-state index contributed by atoms with van der Waals surface area (Å²) in [5.74, 6) is -4.06. The van der Waals surface area contributed by atoms with E-state index in [1.54, 1.807) is 0 Å². The second-order valence-electron chi connectivity index (χ2n) is 12.0. The van der Waals surface area contributed by atoms with Gasteiger partial charge in [-0.05, 0) is 76.4 Å². The molecule has 3 rings (SSSR count). The van der Waals surface area contributed by atoms with Gasteiger partial charge in [-0.2, -0.15) is 0 Å². The van der Waals surface area contributed by atoms with Crippen LogP contribution in [0.2, 0.25) is 0 Å². The molecule has 1 fully saturated rings. The van der Waals surface area contributed by atoms with Crippen molar-refractivity contribution >= 4 is 29.6 Å². The van der Waals surface area contributed by atoms with Gasteiger partial charge in [0.2, 0.25) is 17.7 Å². The van der Waals surface area contributed by atoms with Gasteiger partial charge < -0.3 is 32.3 Å². The molecule has 1 aliphatic heterocycles. The lowest BCUT2D eigenvalue weighted by molar-refractivity contribution is -0.135. The Balaban J connectivity index is 1.87. The minimum absolute atomic E-state index is 0.0262. The number of hydrogen-bond donors (Lipinski definition) is 6. The number of aliphatic hydroxyl groups excluding tert-OH is 1. The summed E-state index contributed by atoms with van der Waals surface area (Å²) in [6, 6.07) is 11.9. The van der Waals surface area contributed by atoms with E-state index in [0.717, 1.165) is 5.56 Å². The van der Waals surface area contributed by atoms with Crippen molar-refractivity contribution in [1.29, 1.82) is 0 Å². The molecule has 0 unspecified atom stereocenters. The van der Waals surface area contributed by atoms with Gasteiger partial charge in [0.25, 0.3) is 5.91 Å². The van der Waals surface area contributed by atoms with Gasteiger partial charge >= 0.3 is 5.97 Å². The summed E-state index contributed by atoms with van der Waals surface area (Å²) in [4.78, 5) is 64.4. The lowest BCUT2D eigenvalue weighted by atomic mass is 9.82. The van der Waals surface area contributed by atoms with Crippen LogP contribution in [0.15, 0.2) is 54.6 Å². The molecule has 0 aliphatic carbocycles. The Morgan fingerprint density at radius 3 is 2.09 bits per heavy atom. The molecule has 4 atom stereocenters. The minimum atomic E-state index is -1.39. The van der Waals surface area contributed by atoms with Crippen LogP contribution in [-0.4, -0.2) is 80.5 Å². The maximum absolute atomic E-state index is 13.5. The highest BCUT2D eigenvalue weighted by atomic mass is 16.4. The first-order valence-electron chi connectivity index (χ1n) is 14.2. The first-order valence-corrected chi connectivity index (χ1v) is 14.2. The number of carboxylic acids is 1. The van der Waals surface area contributed by atoms with Crippen molar-refractivity contribution < 1.29 is 34.2 Å². The van der Waals surface area contributed by atoms with Crippen LogP contribution < -0.4 is 22.1 Å². The second-order valence-corrected chi connectivity index (χ2v) is 12.0. The van der Waals surface area contributed by atoms with Gasteiger partial charge in [0.1, 0.15) is 11.6 Å². The fourth-order valence-electron chi connectivity index (χ4n) is 5.76. The molecular formula is C31H41N5O7. The van der Waals surface area contributed by atoms with Crippen molar-refractivity contribution in [1.82, 2.24) is 15.5 Å². The summed E-state index contributed by atoms with van der Waals surface area (Å²) in [6.07, 6.45) is -0.450. The van der Waals surface area contributed by atoms with Gasteiger partial charge in [-0.15, -0.1) is 0 Å². The Bertz CT molecular complexity index is 1330. The van der Waals surface area contributed by atoms with E-state index < -0.39 is 65.3 Å². The zero-order valence-electron chi connectivity index (χ0n) is 24.7. The first-order chi connectivity index (χ1) is 20.1. The van der Waals surface area contributed by atoms with Crippen molar-refractivity contribution in [3.63, 3.8) is 0 Å². The third-order valence-electron chi connectivity index (χ3n) is 7.82. The number of nitrogens with zero attached hydrogens (tertiary/aromatic N) is 1. The molecule has 1 saturated heterocycles. The fraction of sp³-hybridized carbons (Fsp3) is 0.452. The van der Waals surface area contributed by atoms with Crippen molar-refractivity contribution in [2.45, 2.75) is 82.1 Å². The molecule has 0 saturated carbocycles. The Kier molecular flexibility index (Phi) is 10.7. The largest absolute Gasteiger partial charge is 0.478 e. The average Bonchev–Trinajstić information content (AvgIpc) is 3.38. The van der Waals surface area contributed by atoms with Crippen LogP contribution in [0, 0.1) is 0 Å². The van der Waals surface area contributed by atoms with Crippen LogP contribution in [0.3, 0.4) is 0 Å². The Labute approximate surface area is 250 Å². The molecule has 12 heteroatoms. The van der Waals surface area contributed by atoms with Crippen LogP contribution in [0.25, 0.3) is 0 Å². The van der Waals surface area contributed by atoms with Crippen molar-refractivity contribution in [2.75, 3.05) is 6.54 Å². The molecule has 8 N–H and O–H groups in total. The highest BCUT2D eigenvalue weighted by Crippen LogP contribution is 2.39. The van der Waals surface area contributed by atoms with Crippen LogP contribution in [0.4, 0.5) is 0 Å². The standard InChI is InChI=1S/C31H41N5O7/c1-30(2,3)36-15-7-14-31(36,29(33)43)18-24(37)22(16-19-8-5-4-6-9-19)34-27(40)23(17-25(32)38)35-26(39)20-10-12-21(13-11-20)28(41)42/h4-6,8-13,22-24,37H,7,14-18H2,1-3H3,(H2,32,38)(H2,33,43)(H,34,40)(H,35,39)(H,41,42)/t22-,23-,24+,31+/m0/s1. The number of hydrogen-bond acceptors (Lipinski definition) is 7. The topological polar surface area (TPSA) is 205 Å². The molecular weight excluding hydrogens is 554 g/mol. The van der Waals surface area contributed by atoms with E-state index in [4.69, 9.17) is 16.6 Å². The molecule has 232 valence electrons. The predicted molar refractivity (Wildman–Crippen MR) is 159 cm³/mol. The number of likely N-dealkylation sites (tertiary alicyclic amines) is 1. The molecule has 1 heterocycles. The zero-order valence-corrected chi connectivity index (χ0v) is 24.7. The molecule has 0 radical (unpaired) electrons. The Morgan fingerprint density at radius 2 is 1.56 bits per heavy atom. The number of nitrogens with one attached hydrogen (secondary N) is 2. The normalized spacial score (nSPS) is 19.2. The molecule has 12 nitrogen and oxygen atoms in total. The van der Waals surface area contributed by atoms with E-state index >= 15 is 0 Å². The van der Waals surface area contributed by atoms with Crippen LogP contribution in [0.5, 0.6) is 0 Å². The van der Waals surface area contributed by atoms with E-state index in [9.17, 15) is 29.1 Å². The molecule has 1 aliphatic rings. The molecule has 43 heavy (non-hydrogen) atoms. The highest BCUT2D eigenvalue weighted by molar-refractivity contribution is 5.99. The molecule has 4 amide bonds. The van der Waals surface area contributed by atoms with E-state index in [-0.39, 0.29) is 24.0 Å². The van der Waals surface area contributed by atoms with Crippen LogP contribution >= 0.6 is 0 Å². The summed E-state index contributed by atoms with van der Waals surface area (Å²) in [5.41, 5.74) is 10.6. The van der Waals surface area contributed by atoms with Gasteiger partial charge in [-0.3, -0.25) is 24.1 Å². The number of nitrogens with two attached hydrogens (primary N) is 2. The number of amides is 4. The number of carbonyl (C=O) groups is 5. The number of rotatable bonds is 13. The molecule has 0 bridgehead atoms. The van der Waals surface area contributed by atoms with E-state index in [1.165, 1.54) is 24.3 Å². The molecule has 2 aromatic rings. The number of primary amides is 2. The quantitative estimate of drug-likeness (QED) is 0.196. The lowest BCUT2D eigenvalue weighted by Crippen LogP contribution is -2.63. The van der Waals surface area contributed by atoms with Gasteiger partial charge in [0.05, 0.1) is 24.1 Å². The van der Waals surface area contributed by atoms with Gasteiger partial charge in [-0.25, -0.2) is 4.79 Å². The van der Waals surface area contributed by atoms with Crippen molar-refractivity contribution in [2.24, 2.45) is 11.5 Å². The number of carbonyl (C=O) groups excluding carboxylic acids is 4. The number of carboxylic acid groups (broad SMARTS) is 1. The van der Waals surface area contributed by atoms with Gasteiger partial charge in [-0.1, -0.05) is 30.3 Å². The Morgan fingerprint density at radius 1 is 0.953 bits per heavy atom. The highest BCUT2D eigenvalue weighted by Gasteiger charge is 2.51. The summed E-state index contributed by atoms with van der Waals surface area (Å²) in [6.45, 7) is 6.53. The summed E-state index contributed by atoms with van der Waals surface area (Å²) in [7, 11) is 0. The lowest BCUT2D eigenvalue weighted by Gasteiger charge is -2.46. The number of aromatic carboxylic acids is 1. The van der Waals surface area contributed by atoms with Crippen LogP contribution in [0.1, 0.15) is 72.7 Å². The average molecular weight is 596 g/mol. The third kappa shape index (κ3) is 8.39. The summed E-state index contributed by atoms with van der Waals surface area (Å²) < 4.78 is 0. The SMILES string of the molecule is CC(C)(C)N1CCC[C@@]1(C[C@@H](O)[C@H](Cc1ccccc1)NC(=O)[C@H](CC(N)=O)NC(=O)c1ccc(C(=O)O)cc1)C(N)=O. The van der Waals surface area contributed by atoms with E-state index in [0.29, 0.717) is 19.4 Å². The van der Waals surface area contributed by atoms with Crippen LogP contribution in [-0.2, 0) is 20.8 Å². The third-order valence-corrected chi connectivity index (χ3v) is 7.82. The monoisotopic (exact) mass is 595 g/mol. The van der Waals surface area contributed by atoms with Crippen molar-refractivity contribution in [3.8, 4) is 0 Å². The second kappa shape index (κ2) is 13.8. The Hall–Kier alpha value is -4.29. The number of benzene rings is 2. The first kappa shape index (κ1) is 33.2. The summed E-state index contributed by atoms with van der Waals surface area (Å²) >= 11 is 0. The predicted octanol–water partition coefficient (Wildman–Crippen LogP) is 0.956. The zero-order chi connectivity index (χ0) is 31.9. The maximum atomic E-state index is 13.5. The molecule has 0 spiro atoms. The number of aliphatic hydroxyl groups is 1. The van der Waals surface area contributed by atoms with Crippen molar-refractivity contribution in [3.05, 3.63) is 71.3 Å². The van der Waals surface area contributed by atoms with Gasteiger partial charge in [0, 0.05) is 17.5 Å². The van der Waals surface area contributed by atoms with E-state index in [1.807, 2.05) is 56.0 Å². The molecule has 0 aromatic heterocycles. The molecule has 2 aromatic carbocycles. The van der Waals surface area contributed by atoms with Gasteiger partial charge in [0.15, 0.2) is 0 Å².